The van der Waals surface area contributed by atoms with Crippen molar-refractivity contribution in [1.29, 1.82) is 0 Å². The van der Waals surface area contributed by atoms with Crippen LogP contribution in [0.2, 0.25) is 0 Å². The van der Waals surface area contributed by atoms with E-state index in [2.05, 4.69) is 11.4 Å². The van der Waals surface area contributed by atoms with Gasteiger partial charge in [0, 0.05) is 12.5 Å². The summed E-state index contributed by atoms with van der Waals surface area (Å²) < 4.78 is 5.25. The van der Waals surface area contributed by atoms with Crippen LogP contribution in [0.1, 0.15) is 23.7 Å². The Bertz CT molecular complexity index is 235. The van der Waals surface area contributed by atoms with Gasteiger partial charge in [-0.15, -0.1) is 0 Å². The van der Waals surface area contributed by atoms with Gasteiger partial charge in [-0.25, -0.2) is 0 Å². The van der Waals surface area contributed by atoms with E-state index in [0.717, 1.165) is 18.8 Å². The molecule has 0 saturated carbocycles. The van der Waals surface area contributed by atoms with Crippen LogP contribution >= 0.6 is 0 Å². The predicted molar refractivity (Wildman–Crippen MR) is 43.7 cm³/mol. The van der Waals surface area contributed by atoms with E-state index in [4.69, 9.17) is 4.42 Å². The van der Waals surface area contributed by atoms with Crippen molar-refractivity contribution in [3.63, 3.8) is 0 Å². The summed E-state index contributed by atoms with van der Waals surface area (Å²) in [6.45, 7) is 4.29. The van der Waals surface area contributed by atoms with Crippen LogP contribution in [0.15, 0.2) is 16.7 Å². The summed E-state index contributed by atoms with van der Waals surface area (Å²) in [5.74, 6) is 1.77. The molecular formula is C9H13NO. The van der Waals surface area contributed by atoms with Gasteiger partial charge in [-0.05, 0) is 31.5 Å². The van der Waals surface area contributed by atoms with E-state index in [1.807, 2.05) is 6.92 Å². The van der Waals surface area contributed by atoms with E-state index in [9.17, 15) is 0 Å². The van der Waals surface area contributed by atoms with Crippen molar-refractivity contribution in [3.8, 4) is 0 Å². The Morgan fingerprint density at radius 2 is 2.55 bits per heavy atom. The maximum Gasteiger partial charge on any atom is 0.104 e. The SMILES string of the molecule is Cc1occc1C1CCNC1. The molecule has 1 saturated heterocycles. The topological polar surface area (TPSA) is 25.2 Å². The van der Waals surface area contributed by atoms with Crippen molar-refractivity contribution in [2.45, 2.75) is 19.3 Å². The first kappa shape index (κ1) is 6.92. The molecule has 1 aliphatic heterocycles. The third-order valence-corrected chi connectivity index (χ3v) is 2.40. The zero-order chi connectivity index (χ0) is 7.68. The molecule has 1 aromatic heterocycles. The smallest absolute Gasteiger partial charge is 0.104 e. The first-order valence-electron chi connectivity index (χ1n) is 4.12. The molecule has 1 N–H and O–H groups in total. The molecule has 1 fully saturated rings. The largest absolute Gasteiger partial charge is 0.469 e. The molecule has 0 aliphatic carbocycles. The Hall–Kier alpha value is -0.760. The number of hydrogen-bond donors (Lipinski definition) is 1. The highest BCUT2D eigenvalue weighted by Crippen LogP contribution is 2.25. The van der Waals surface area contributed by atoms with Gasteiger partial charge in [-0.1, -0.05) is 0 Å². The summed E-state index contributed by atoms with van der Waals surface area (Å²) in [4.78, 5) is 0. The molecule has 0 radical (unpaired) electrons. The Labute approximate surface area is 66.6 Å². The molecule has 2 rings (SSSR count). The molecule has 2 nitrogen and oxygen atoms in total. The Balaban J connectivity index is 2.21. The van der Waals surface area contributed by atoms with Crippen molar-refractivity contribution in [3.05, 3.63) is 23.7 Å². The zero-order valence-corrected chi connectivity index (χ0v) is 6.76. The summed E-state index contributed by atoms with van der Waals surface area (Å²) in [6, 6.07) is 2.09. The Morgan fingerprint density at radius 1 is 1.64 bits per heavy atom. The minimum absolute atomic E-state index is 0.689. The minimum Gasteiger partial charge on any atom is -0.469 e. The Kier molecular flexibility index (Phi) is 1.70. The van der Waals surface area contributed by atoms with E-state index in [1.165, 1.54) is 12.0 Å². The monoisotopic (exact) mass is 151 g/mol. The van der Waals surface area contributed by atoms with E-state index >= 15 is 0 Å². The third kappa shape index (κ3) is 1.18. The first-order valence-corrected chi connectivity index (χ1v) is 4.12. The highest BCUT2D eigenvalue weighted by atomic mass is 16.3. The summed E-state index contributed by atoms with van der Waals surface area (Å²) >= 11 is 0. The Morgan fingerprint density at radius 3 is 3.09 bits per heavy atom. The zero-order valence-electron chi connectivity index (χ0n) is 6.76. The second kappa shape index (κ2) is 2.70. The van der Waals surface area contributed by atoms with Gasteiger partial charge in [0.05, 0.1) is 6.26 Å². The van der Waals surface area contributed by atoms with Gasteiger partial charge in [0.2, 0.25) is 0 Å². The van der Waals surface area contributed by atoms with Gasteiger partial charge in [-0.2, -0.15) is 0 Å². The first-order chi connectivity index (χ1) is 5.38. The van der Waals surface area contributed by atoms with Crippen LogP contribution in [0.4, 0.5) is 0 Å². The number of nitrogens with one attached hydrogen (secondary N) is 1. The molecule has 1 aromatic rings. The standard InChI is InChI=1S/C9H13NO/c1-7-9(3-5-11-7)8-2-4-10-6-8/h3,5,8,10H,2,4,6H2,1H3. The van der Waals surface area contributed by atoms with Crippen LogP contribution in [-0.2, 0) is 0 Å². The lowest BCUT2D eigenvalue weighted by molar-refractivity contribution is 0.525. The number of rotatable bonds is 1. The van der Waals surface area contributed by atoms with E-state index in [-0.39, 0.29) is 0 Å². The van der Waals surface area contributed by atoms with E-state index < -0.39 is 0 Å². The van der Waals surface area contributed by atoms with Crippen molar-refractivity contribution in [2.75, 3.05) is 13.1 Å². The fraction of sp³-hybridized carbons (Fsp3) is 0.556. The van der Waals surface area contributed by atoms with Crippen LogP contribution in [-0.4, -0.2) is 13.1 Å². The van der Waals surface area contributed by atoms with Gasteiger partial charge in [0.15, 0.2) is 0 Å². The summed E-state index contributed by atoms with van der Waals surface area (Å²) in [5.41, 5.74) is 1.38. The average molecular weight is 151 g/mol. The molecule has 0 bridgehead atoms. The van der Waals surface area contributed by atoms with Crippen LogP contribution in [0.5, 0.6) is 0 Å². The van der Waals surface area contributed by atoms with Crippen LogP contribution in [0.25, 0.3) is 0 Å². The molecule has 2 heterocycles. The number of aryl methyl sites for hydroxylation is 1. The number of furan rings is 1. The quantitative estimate of drug-likeness (QED) is 0.660. The van der Waals surface area contributed by atoms with Crippen LogP contribution in [0.3, 0.4) is 0 Å². The fourth-order valence-corrected chi connectivity index (χ4v) is 1.74. The maximum absolute atomic E-state index is 5.25. The third-order valence-electron chi connectivity index (χ3n) is 2.40. The van der Waals surface area contributed by atoms with Gasteiger partial charge >= 0.3 is 0 Å². The molecule has 11 heavy (non-hydrogen) atoms. The molecule has 60 valence electrons. The molecule has 1 unspecified atom stereocenters. The van der Waals surface area contributed by atoms with Crippen LogP contribution < -0.4 is 5.32 Å². The molecule has 0 spiro atoms. The molecule has 1 atom stereocenters. The van der Waals surface area contributed by atoms with Crippen molar-refractivity contribution in [1.82, 2.24) is 5.32 Å². The number of hydrogen-bond acceptors (Lipinski definition) is 2. The molecular weight excluding hydrogens is 138 g/mol. The maximum atomic E-state index is 5.25. The second-order valence-corrected chi connectivity index (χ2v) is 3.12. The predicted octanol–water partition coefficient (Wildman–Crippen LogP) is 1.66. The van der Waals surface area contributed by atoms with Crippen LogP contribution in [0, 0.1) is 6.92 Å². The summed E-state index contributed by atoms with van der Waals surface area (Å²) in [7, 11) is 0. The lowest BCUT2D eigenvalue weighted by Gasteiger charge is -2.04. The van der Waals surface area contributed by atoms with Crippen molar-refractivity contribution >= 4 is 0 Å². The lowest BCUT2D eigenvalue weighted by Crippen LogP contribution is -2.07. The highest BCUT2D eigenvalue weighted by molar-refractivity contribution is 5.22. The molecule has 1 aliphatic rings. The van der Waals surface area contributed by atoms with Crippen molar-refractivity contribution in [2.24, 2.45) is 0 Å². The molecule has 0 aromatic carbocycles. The molecule has 2 heteroatoms. The normalized spacial score (nSPS) is 24.3. The minimum atomic E-state index is 0.689. The van der Waals surface area contributed by atoms with Gasteiger partial charge in [0.1, 0.15) is 5.76 Å². The van der Waals surface area contributed by atoms with Crippen molar-refractivity contribution < 1.29 is 4.42 Å². The van der Waals surface area contributed by atoms with Gasteiger partial charge in [-0.3, -0.25) is 0 Å². The van der Waals surface area contributed by atoms with E-state index in [1.54, 1.807) is 6.26 Å². The summed E-state index contributed by atoms with van der Waals surface area (Å²) in [5, 5.41) is 3.35. The lowest BCUT2D eigenvalue weighted by atomic mass is 9.99. The van der Waals surface area contributed by atoms with Gasteiger partial charge < -0.3 is 9.73 Å². The average Bonchev–Trinajstić information content (AvgIpc) is 2.55. The van der Waals surface area contributed by atoms with Gasteiger partial charge in [0.25, 0.3) is 0 Å². The summed E-state index contributed by atoms with van der Waals surface area (Å²) in [6.07, 6.45) is 3.03. The second-order valence-electron chi connectivity index (χ2n) is 3.12. The highest BCUT2D eigenvalue weighted by Gasteiger charge is 2.19. The van der Waals surface area contributed by atoms with E-state index in [0.29, 0.717) is 5.92 Å². The molecule has 0 amide bonds. The fourth-order valence-electron chi connectivity index (χ4n) is 1.74.